The van der Waals surface area contributed by atoms with Gasteiger partial charge in [-0.3, -0.25) is 4.79 Å². The third kappa shape index (κ3) is 3.12. The van der Waals surface area contributed by atoms with E-state index in [0.717, 1.165) is 10.5 Å². The first-order valence-corrected chi connectivity index (χ1v) is 10.0. The maximum Gasteiger partial charge on any atom is 0.238 e. The molecule has 0 radical (unpaired) electrons. The first-order valence-electron chi connectivity index (χ1n) is 7.68. The highest BCUT2D eigenvalue weighted by Crippen LogP contribution is 2.40. The number of nitrogens with two attached hydrogens (primary N) is 1. The summed E-state index contributed by atoms with van der Waals surface area (Å²) in [6.45, 7) is 0. The number of Topliss-reactive ketones (excluding diaryl/α,β-unsaturated/α-hetero) is 1. The first-order chi connectivity index (χ1) is 12.4. The quantitative estimate of drug-likeness (QED) is 0.692. The standard InChI is InChI=1S/C19H13NO4S2/c20-26(22,23)14-8-5-12(6-9-14)16-10-7-13(24-16)11-18-19(21)15-3-1-2-4-17(15)25-18/h1-11H,(H2,20,22,23)/b18-11-. The zero-order chi connectivity index (χ0) is 18.3. The number of ketones is 1. The molecule has 0 saturated carbocycles. The Morgan fingerprint density at radius 1 is 0.962 bits per heavy atom. The first kappa shape index (κ1) is 16.8. The summed E-state index contributed by atoms with van der Waals surface area (Å²) in [6.07, 6.45) is 1.72. The molecule has 5 nitrogen and oxygen atoms in total. The number of sulfonamides is 1. The van der Waals surface area contributed by atoms with Gasteiger partial charge in [0.2, 0.25) is 15.8 Å². The van der Waals surface area contributed by atoms with Crippen LogP contribution in [0.1, 0.15) is 16.1 Å². The normalized spacial score (nSPS) is 15.4. The Labute approximate surface area is 154 Å². The third-order valence-corrected chi connectivity index (χ3v) is 5.97. The lowest BCUT2D eigenvalue weighted by Crippen LogP contribution is -2.11. The molecule has 130 valence electrons. The summed E-state index contributed by atoms with van der Waals surface area (Å²) in [4.78, 5) is 14.0. The molecule has 0 amide bonds. The number of fused-ring (bicyclic) bond motifs is 1. The second kappa shape index (κ2) is 6.28. The molecule has 2 aromatic carbocycles. The molecule has 1 aliphatic rings. The van der Waals surface area contributed by atoms with Crippen LogP contribution in [-0.2, 0) is 10.0 Å². The molecular weight excluding hydrogens is 370 g/mol. The zero-order valence-electron chi connectivity index (χ0n) is 13.4. The fourth-order valence-electron chi connectivity index (χ4n) is 2.66. The van der Waals surface area contributed by atoms with Gasteiger partial charge in [-0.15, -0.1) is 0 Å². The lowest BCUT2D eigenvalue weighted by atomic mass is 10.1. The fraction of sp³-hybridized carbons (Fsp3) is 0. The highest BCUT2D eigenvalue weighted by molar-refractivity contribution is 8.04. The Bertz CT molecular complexity index is 1140. The number of carbonyl (C=O) groups excluding carboxylic acids is 1. The summed E-state index contributed by atoms with van der Waals surface area (Å²) in [5.74, 6) is 1.12. The molecule has 1 aliphatic heterocycles. The van der Waals surface area contributed by atoms with Crippen LogP contribution in [0, 0.1) is 0 Å². The van der Waals surface area contributed by atoms with Crippen molar-refractivity contribution in [1.82, 2.24) is 0 Å². The van der Waals surface area contributed by atoms with E-state index in [1.165, 1.54) is 23.9 Å². The van der Waals surface area contributed by atoms with Crippen LogP contribution in [0.15, 0.2) is 79.8 Å². The van der Waals surface area contributed by atoms with Crippen LogP contribution in [0.5, 0.6) is 0 Å². The average Bonchev–Trinajstić information content (AvgIpc) is 3.20. The zero-order valence-corrected chi connectivity index (χ0v) is 15.0. The van der Waals surface area contributed by atoms with Gasteiger partial charge in [0.25, 0.3) is 0 Å². The van der Waals surface area contributed by atoms with Gasteiger partial charge in [-0.1, -0.05) is 23.9 Å². The Morgan fingerprint density at radius 3 is 2.38 bits per heavy atom. The van der Waals surface area contributed by atoms with Crippen LogP contribution < -0.4 is 5.14 Å². The van der Waals surface area contributed by atoms with E-state index in [4.69, 9.17) is 9.56 Å². The summed E-state index contributed by atoms with van der Waals surface area (Å²) >= 11 is 1.42. The molecule has 0 spiro atoms. The Morgan fingerprint density at radius 2 is 1.69 bits per heavy atom. The molecule has 0 fully saturated rings. The number of rotatable bonds is 3. The van der Waals surface area contributed by atoms with E-state index in [9.17, 15) is 13.2 Å². The highest BCUT2D eigenvalue weighted by Gasteiger charge is 2.25. The summed E-state index contributed by atoms with van der Waals surface area (Å²) < 4.78 is 28.4. The minimum Gasteiger partial charge on any atom is -0.457 e. The fourth-order valence-corrected chi connectivity index (χ4v) is 4.21. The Hall–Kier alpha value is -2.61. The second-order valence-corrected chi connectivity index (χ2v) is 8.35. The molecule has 2 heterocycles. The van der Waals surface area contributed by atoms with Crippen molar-refractivity contribution in [1.29, 1.82) is 0 Å². The van der Waals surface area contributed by atoms with E-state index >= 15 is 0 Å². The molecule has 26 heavy (non-hydrogen) atoms. The molecule has 0 unspecified atom stereocenters. The molecule has 0 aliphatic carbocycles. The van der Waals surface area contributed by atoms with Gasteiger partial charge in [0.15, 0.2) is 0 Å². The molecule has 0 atom stereocenters. The topological polar surface area (TPSA) is 90.4 Å². The number of hydrogen-bond donors (Lipinski definition) is 1. The Balaban J connectivity index is 1.61. The molecule has 4 rings (SSSR count). The van der Waals surface area contributed by atoms with Crippen LogP contribution in [0.2, 0.25) is 0 Å². The number of thioether (sulfide) groups is 1. The molecule has 0 bridgehead atoms. The lowest BCUT2D eigenvalue weighted by molar-refractivity contribution is 0.104. The van der Waals surface area contributed by atoms with E-state index in [0.29, 0.717) is 22.0 Å². The van der Waals surface area contributed by atoms with Crippen LogP contribution in [0.3, 0.4) is 0 Å². The number of furan rings is 1. The van der Waals surface area contributed by atoms with Crippen LogP contribution >= 0.6 is 11.8 Å². The third-order valence-electron chi connectivity index (χ3n) is 3.94. The van der Waals surface area contributed by atoms with E-state index < -0.39 is 10.0 Å². The predicted octanol–water partition coefficient (Wildman–Crippen LogP) is 3.92. The van der Waals surface area contributed by atoms with Crippen molar-refractivity contribution in [3.63, 3.8) is 0 Å². The van der Waals surface area contributed by atoms with E-state index in [-0.39, 0.29) is 10.7 Å². The number of hydrogen-bond acceptors (Lipinski definition) is 5. The lowest BCUT2D eigenvalue weighted by Gasteiger charge is -2.00. The number of primary sulfonamides is 1. The summed E-state index contributed by atoms with van der Waals surface area (Å²) in [5.41, 5.74) is 1.42. The summed E-state index contributed by atoms with van der Waals surface area (Å²) in [7, 11) is -3.72. The van der Waals surface area contributed by atoms with Gasteiger partial charge >= 0.3 is 0 Å². The highest BCUT2D eigenvalue weighted by atomic mass is 32.2. The van der Waals surface area contributed by atoms with Crippen molar-refractivity contribution < 1.29 is 17.6 Å². The molecule has 0 saturated heterocycles. The van der Waals surface area contributed by atoms with Crippen molar-refractivity contribution in [2.75, 3.05) is 0 Å². The maximum atomic E-state index is 12.4. The molecule has 2 N–H and O–H groups in total. The van der Waals surface area contributed by atoms with Gasteiger partial charge in [-0.05, 0) is 54.6 Å². The monoisotopic (exact) mass is 383 g/mol. The average molecular weight is 383 g/mol. The molecule has 1 aromatic heterocycles. The van der Waals surface area contributed by atoms with Gasteiger partial charge in [0.05, 0.1) is 9.80 Å². The van der Waals surface area contributed by atoms with Crippen molar-refractivity contribution in [3.05, 3.63) is 76.9 Å². The van der Waals surface area contributed by atoms with E-state index in [2.05, 4.69) is 0 Å². The molecule has 3 aromatic rings. The van der Waals surface area contributed by atoms with E-state index in [1.54, 1.807) is 30.3 Å². The maximum absolute atomic E-state index is 12.4. The smallest absolute Gasteiger partial charge is 0.238 e. The van der Waals surface area contributed by atoms with Crippen LogP contribution in [-0.4, -0.2) is 14.2 Å². The van der Waals surface area contributed by atoms with Crippen molar-refractivity contribution in [3.8, 4) is 11.3 Å². The van der Waals surface area contributed by atoms with Crippen LogP contribution in [0.25, 0.3) is 17.4 Å². The number of allylic oxidation sites excluding steroid dienone is 1. The van der Waals surface area contributed by atoms with Crippen molar-refractivity contribution >= 4 is 33.6 Å². The van der Waals surface area contributed by atoms with Crippen molar-refractivity contribution in [2.45, 2.75) is 9.79 Å². The largest absolute Gasteiger partial charge is 0.457 e. The van der Waals surface area contributed by atoms with Gasteiger partial charge in [0.1, 0.15) is 11.5 Å². The summed E-state index contributed by atoms with van der Waals surface area (Å²) in [6, 6.07) is 17.1. The van der Waals surface area contributed by atoms with E-state index in [1.807, 2.05) is 24.3 Å². The minimum absolute atomic E-state index is 0.0129. The SMILES string of the molecule is NS(=O)(=O)c1ccc(-c2ccc(/C=C3\Sc4ccccc4C3=O)o2)cc1. The second-order valence-electron chi connectivity index (χ2n) is 5.71. The molecule has 7 heteroatoms. The van der Waals surface area contributed by atoms with Crippen LogP contribution in [0.4, 0.5) is 0 Å². The Kier molecular flexibility index (Phi) is 4.07. The van der Waals surface area contributed by atoms with Gasteiger partial charge in [0, 0.05) is 16.0 Å². The van der Waals surface area contributed by atoms with Crippen molar-refractivity contribution in [2.24, 2.45) is 5.14 Å². The minimum atomic E-state index is -3.72. The summed E-state index contributed by atoms with van der Waals surface area (Å²) in [5, 5.41) is 5.10. The number of benzene rings is 2. The molecular formula is C19H13NO4S2. The van der Waals surface area contributed by atoms with Gasteiger partial charge in [-0.25, -0.2) is 13.6 Å². The predicted molar refractivity (Wildman–Crippen MR) is 100 cm³/mol. The number of carbonyl (C=O) groups is 1. The van der Waals surface area contributed by atoms with Gasteiger partial charge in [-0.2, -0.15) is 0 Å². The van der Waals surface area contributed by atoms with Gasteiger partial charge < -0.3 is 4.42 Å².